The van der Waals surface area contributed by atoms with Crippen molar-refractivity contribution in [2.45, 2.75) is 6.92 Å². The Hall–Kier alpha value is -2.33. The van der Waals surface area contributed by atoms with Crippen molar-refractivity contribution in [1.82, 2.24) is 4.98 Å². The smallest absolute Gasteiger partial charge is 0.335 e. The Morgan fingerprint density at radius 3 is 2.80 bits per heavy atom. The average Bonchev–Trinajstić information content (AvgIpc) is 2.83. The van der Waals surface area contributed by atoms with Gasteiger partial charge in [0, 0.05) is 17.8 Å². The minimum absolute atomic E-state index is 0.222. The first-order valence-electron chi connectivity index (χ1n) is 5.94. The fourth-order valence-corrected chi connectivity index (χ4v) is 2.29. The van der Waals surface area contributed by atoms with E-state index in [0.717, 1.165) is 5.56 Å². The number of pyridine rings is 1. The Morgan fingerprint density at radius 2 is 2.10 bits per heavy atom. The molecule has 0 radical (unpaired) electrons. The standard InChI is InChI=1S/C15H10ClNO3/c1-8-4-9(6-10(5-8)15(18)19)13-7-12-14(20-13)11(16)2-3-17-12/h2-7H,1H3,(H,18,19). The van der Waals surface area contributed by atoms with E-state index in [4.69, 9.17) is 21.1 Å². The van der Waals surface area contributed by atoms with E-state index in [1.807, 2.05) is 13.0 Å². The van der Waals surface area contributed by atoms with Crippen LogP contribution in [0.2, 0.25) is 5.02 Å². The molecule has 0 aliphatic rings. The summed E-state index contributed by atoms with van der Waals surface area (Å²) < 4.78 is 5.69. The number of hydrogen-bond donors (Lipinski definition) is 1. The van der Waals surface area contributed by atoms with Gasteiger partial charge >= 0.3 is 5.97 Å². The number of aromatic carboxylic acids is 1. The molecular weight excluding hydrogens is 278 g/mol. The molecule has 0 saturated heterocycles. The van der Waals surface area contributed by atoms with Crippen LogP contribution in [0.1, 0.15) is 15.9 Å². The minimum Gasteiger partial charge on any atom is -0.478 e. The summed E-state index contributed by atoms with van der Waals surface area (Å²) in [7, 11) is 0. The van der Waals surface area contributed by atoms with E-state index in [0.29, 0.717) is 27.4 Å². The van der Waals surface area contributed by atoms with Gasteiger partial charge < -0.3 is 9.52 Å². The van der Waals surface area contributed by atoms with E-state index in [2.05, 4.69) is 4.98 Å². The number of carboxylic acid groups (broad SMARTS) is 1. The van der Waals surface area contributed by atoms with E-state index in [1.54, 1.807) is 30.5 Å². The Kier molecular flexibility index (Phi) is 2.95. The van der Waals surface area contributed by atoms with Gasteiger partial charge in [-0.1, -0.05) is 11.6 Å². The highest BCUT2D eigenvalue weighted by atomic mass is 35.5. The molecule has 0 amide bonds. The summed E-state index contributed by atoms with van der Waals surface area (Å²) in [6.45, 7) is 1.84. The number of carbonyl (C=O) groups is 1. The van der Waals surface area contributed by atoms with Crippen molar-refractivity contribution in [1.29, 1.82) is 0 Å². The molecule has 0 spiro atoms. The highest BCUT2D eigenvalue weighted by Crippen LogP contribution is 2.31. The van der Waals surface area contributed by atoms with E-state index >= 15 is 0 Å². The molecule has 20 heavy (non-hydrogen) atoms. The van der Waals surface area contributed by atoms with E-state index < -0.39 is 5.97 Å². The van der Waals surface area contributed by atoms with Gasteiger partial charge in [0.2, 0.25) is 0 Å². The molecule has 0 saturated carbocycles. The zero-order valence-electron chi connectivity index (χ0n) is 10.6. The molecule has 100 valence electrons. The van der Waals surface area contributed by atoms with E-state index in [1.165, 1.54) is 0 Å². The highest BCUT2D eigenvalue weighted by Gasteiger charge is 2.12. The molecule has 0 aliphatic carbocycles. The van der Waals surface area contributed by atoms with Crippen LogP contribution in [0.15, 0.2) is 40.9 Å². The quantitative estimate of drug-likeness (QED) is 0.769. The number of benzene rings is 1. The van der Waals surface area contributed by atoms with Crippen molar-refractivity contribution in [3.8, 4) is 11.3 Å². The molecule has 4 nitrogen and oxygen atoms in total. The fraction of sp³-hybridized carbons (Fsp3) is 0.0667. The third-order valence-electron chi connectivity index (χ3n) is 2.97. The Labute approximate surface area is 119 Å². The largest absolute Gasteiger partial charge is 0.478 e. The number of carboxylic acids is 1. The number of halogens is 1. The molecule has 0 bridgehead atoms. The van der Waals surface area contributed by atoms with Crippen molar-refractivity contribution >= 4 is 28.7 Å². The molecule has 3 aromatic rings. The van der Waals surface area contributed by atoms with Crippen LogP contribution in [0.3, 0.4) is 0 Å². The molecule has 0 unspecified atom stereocenters. The number of nitrogens with zero attached hydrogens (tertiary/aromatic N) is 1. The van der Waals surface area contributed by atoms with Crippen LogP contribution in [0, 0.1) is 6.92 Å². The lowest BCUT2D eigenvalue weighted by Crippen LogP contribution is -1.97. The summed E-state index contributed by atoms with van der Waals surface area (Å²) in [6, 6.07) is 8.44. The van der Waals surface area contributed by atoms with Crippen molar-refractivity contribution in [3.63, 3.8) is 0 Å². The first-order chi connectivity index (χ1) is 9.54. The second-order valence-electron chi connectivity index (χ2n) is 4.51. The van der Waals surface area contributed by atoms with Crippen molar-refractivity contribution in [3.05, 3.63) is 52.7 Å². The van der Waals surface area contributed by atoms with Gasteiger partial charge in [0.1, 0.15) is 11.3 Å². The molecule has 1 N–H and O–H groups in total. The maximum Gasteiger partial charge on any atom is 0.335 e. The normalized spacial score (nSPS) is 10.9. The minimum atomic E-state index is -0.970. The second kappa shape index (κ2) is 4.65. The third-order valence-corrected chi connectivity index (χ3v) is 3.27. The van der Waals surface area contributed by atoms with Crippen molar-refractivity contribution < 1.29 is 14.3 Å². The monoisotopic (exact) mass is 287 g/mol. The van der Waals surface area contributed by atoms with Gasteiger partial charge in [-0.3, -0.25) is 4.98 Å². The fourth-order valence-electron chi connectivity index (χ4n) is 2.10. The summed E-state index contributed by atoms with van der Waals surface area (Å²) in [4.78, 5) is 15.3. The zero-order chi connectivity index (χ0) is 14.3. The third kappa shape index (κ3) is 2.14. The molecule has 3 rings (SSSR count). The lowest BCUT2D eigenvalue weighted by atomic mass is 10.0. The highest BCUT2D eigenvalue weighted by molar-refractivity contribution is 6.34. The summed E-state index contributed by atoms with van der Waals surface area (Å²) in [5.41, 5.74) is 2.91. The number of rotatable bonds is 2. The summed E-state index contributed by atoms with van der Waals surface area (Å²) >= 11 is 6.04. The van der Waals surface area contributed by atoms with Crippen LogP contribution in [-0.2, 0) is 0 Å². The first-order valence-corrected chi connectivity index (χ1v) is 6.32. The van der Waals surface area contributed by atoms with Crippen LogP contribution in [-0.4, -0.2) is 16.1 Å². The van der Waals surface area contributed by atoms with Crippen LogP contribution in [0.25, 0.3) is 22.4 Å². The summed E-state index contributed by atoms with van der Waals surface area (Å²) in [6.07, 6.45) is 1.60. The zero-order valence-corrected chi connectivity index (χ0v) is 11.3. The second-order valence-corrected chi connectivity index (χ2v) is 4.92. The van der Waals surface area contributed by atoms with Gasteiger partial charge in [0.15, 0.2) is 5.58 Å². The van der Waals surface area contributed by atoms with Crippen molar-refractivity contribution in [2.75, 3.05) is 0 Å². The molecule has 2 heterocycles. The predicted octanol–water partition coefficient (Wildman–Crippen LogP) is 4.15. The van der Waals surface area contributed by atoms with E-state index in [-0.39, 0.29) is 5.56 Å². The molecule has 1 aromatic carbocycles. The maximum absolute atomic E-state index is 11.1. The van der Waals surface area contributed by atoms with Gasteiger partial charge in [-0.25, -0.2) is 4.79 Å². The van der Waals surface area contributed by atoms with Crippen LogP contribution in [0.5, 0.6) is 0 Å². The van der Waals surface area contributed by atoms with Gasteiger partial charge in [0.25, 0.3) is 0 Å². The number of hydrogen-bond acceptors (Lipinski definition) is 3. The first kappa shape index (κ1) is 12.7. The number of furan rings is 1. The van der Waals surface area contributed by atoms with Gasteiger partial charge in [-0.15, -0.1) is 0 Å². The maximum atomic E-state index is 11.1. The number of aryl methyl sites for hydroxylation is 1. The molecule has 5 heteroatoms. The molecular formula is C15H10ClNO3. The average molecular weight is 288 g/mol. The topological polar surface area (TPSA) is 63.3 Å². The molecule has 2 aromatic heterocycles. The number of aromatic nitrogens is 1. The van der Waals surface area contributed by atoms with Crippen LogP contribution in [0.4, 0.5) is 0 Å². The van der Waals surface area contributed by atoms with E-state index in [9.17, 15) is 4.79 Å². The molecule has 0 fully saturated rings. The molecule has 0 aliphatic heterocycles. The summed E-state index contributed by atoms with van der Waals surface area (Å²) in [5.74, 6) is -0.422. The van der Waals surface area contributed by atoms with Gasteiger partial charge in [-0.2, -0.15) is 0 Å². The number of fused-ring (bicyclic) bond motifs is 1. The van der Waals surface area contributed by atoms with Gasteiger partial charge in [0.05, 0.1) is 10.6 Å². The summed E-state index contributed by atoms with van der Waals surface area (Å²) in [5, 5.41) is 9.58. The SMILES string of the molecule is Cc1cc(C(=O)O)cc(-c2cc3nccc(Cl)c3o2)c1. The lowest BCUT2D eigenvalue weighted by molar-refractivity contribution is 0.0697. The van der Waals surface area contributed by atoms with Crippen LogP contribution >= 0.6 is 11.6 Å². The van der Waals surface area contributed by atoms with Gasteiger partial charge in [-0.05, 0) is 36.8 Å². The molecule has 0 atom stereocenters. The van der Waals surface area contributed by atoms with Crippen LogP contribution < -0.4 is 0 Å². The van der Waals surface area contributed by atoms with Crippen molar-refractivity contribution in [2.24, 2.45) is 0 Å². The Morgan fingerprint density at radius 1 is 1.30 bits per heavy atom. The Bertz CT molecular complexity index is 823. The lowest BCUT2D eigenvalue weighted by Gasteiger charge is -2.02. The predicted molar refractivity (Wildman–Crippen MR) is 76.2 cm³/mol. The Balaban J connectivity index is 2.20.